The number of carbonyl (C=O) groups is 2. The fourth-order valence-electron chi connectivity index (χ4n) is 3.70. The molecule has 7 nitrogen and oxygen atoms in total. The summed E-state index contributed by atoms with van der Waals surface area (Å²) in [7, 11) is 1.91. The van der Waals surface area contributed by atoms with Gasteiger partial charge in [0.1, 0.15) is 4.32 Å². The van der Waals surface area contributed by atoms with Gasteiger partial charge in [-0.15, -0.1) is 0 Å². The molecule has 9 heteroatoms. The van der Waals surface area contributed by atoms with Crippen molar-refractivity contribution in [2.45, 2.75) is 19.9 Å². The third-order valence-electron chi connectivity index (χ3n) is 5.52. The second kappa shape index (κ2) is 11.0. The van der Waals surface area contributed by atoms with Gasteiger partial charge in [-0.05, 0) is 48.4 Å². The van der Waals surface area contributed by atoms with Crippen LogP contribution in [0, 0.1) is 0 Å². The monoisotopic (exact) mass is 497 g/mol. The van der Waals surface area contributed by atoms with Crippen LogP contribution >= 0.6 is 24.0 Å². The normalized spacial score (nSPS) is 16.1. The van der Waals surface area contributed by atoms with E-state index in [9.17, 15) is 9.59 Å². The van der Waals surface area contributed by atoms with Crippen LogP contribution in [-0.2, 0) is 22.6 Å². The van der Waals surface area contributed by atoms with Crippen molar-refractivity contribution >= 4 is 46.2 Å². The Kier molecular flexibility index (Phi) is 7.87. The van der Waals surface area contributed by atoms with Crippen LogP contribution in [-0.4, -0.2) is 59.4 Å². The molecule has 0 spiro atoms. The number of carbonyl (C=O) groups excluding carboxylic acids is 2. The molecule has 1 saturated heterocycles. The second-order valence-corrected chi connectivity index (χ2v) is 9.81. The molecule has 1 N–H and O–H groups in total. The maximum Gasteiger partial charge on any atom is 0.266 e. The average Bonchev–Trinajstić information content (AvgIpc) is 3.39. The van der Waals surface area contributed by atoms with Crippen molar-refractivity contribution < 1.29 is 19.1 Å². The number of amides is 2. The van der Waals surface area contributed by atoms with Crippen LogP contribution in [0.25, 0.3) is 6.08 Å². The van der Waals surface area contributed by atoms with Crippen LogP contribution in [0.5, 0.6) is 11.5 Å². The summed E-state index contributed by atoms with van der Waals surface area (Å²) in [6, 6.07) is 14.0. The Morgan fingerprint density at radius 2 is 1.91 bits per heavy atom. The molecule has 34 heavy (non-hydrogen) atoms. The van der Waals surface area contributed by atoms with Crippen molar-refractivity contribution in [3.63, 3.8) is 0 Å². The van der Waals surface area contributed by atoms with Gasteiger partial charge in [0, 0.05) is 19.6 Å². The van der Waals surface area contributed by atoms with E-state index in [4.69, 9.17) is 21.7 Å². The number of thioether (sulfide) groups is 1. The van der Waals surface area contributed by atoms with Gasteiger partial charge in [-0.3, -0.25) is 19.4 Å². The lowest BCUT2D eigenvalue weighted by atomic mass is 10.1. The lowest BCUT2D eigenvalue weighted by molar-refractivity contribution is -0.124. The number of likely N-dealkylation sites (N-methyl/N-ethyl adjacent to an activating group) is 1. The largest absolute Gasteiger partial charge is 0.454 e. The molecule has 2 aromatic rings. The van der Waals surface area contributed by atoms with E-state index in [-0.39, 0.29) is 25.2 Å². The van der Waals surface area contributed by atoms with Gasteiger partial charge in [0.05, 0.1) is 11.4 Å². The summed E-state index contributed by atoms with van der Waals surface area (Å²) in [4.78, 5) is 29.2. The minimum Gasteiger partial charge on any atom is -0.454 e. The van der Waals surface area contributed by atoms with Crippen molar-refractivity contribution in [1.82, 2.24) is 15.1 Å². The first-order valence-corrected chi connectivity index (χ1v) is 12.3. The highest BCUT2D eigenvalue weighted by atomic mass is 32.2. The summed E-state index contributed by atoms with van der Waals surface area (Å²) < 4.78 is 11.2. The molecule has 0 aromatic heterocycles. The maximum absolute atomic E-state index is 12.8. The van der Waals surface area contributed by atoms with Crippen molar-refractivity contribution in [1.29, 1.82) is 0 Å². The molecular weight excluding hydrogens is 470 g/mol. The number of thiocarbonyl (C=S) groups is 1. The Labute approximate surface area is 209 Å². The lowest BCUT2D eigenvalue weighted by Gasteiger charge is -2.18. The fourth-order valence-corrected chi connectivity index (χ4v) is 5.01. The number of aryl methyl sites for hydroxylation is 1. The predicted molar refractivity (Wildman–Crippen MR) is 138 cm³/mol. The van der Waals surface area contributed by atoms with E-state index < -0.39 is 0 Å². The topological polar surface area (TPSA) is 71.1 Å². The highest BCUT2D eigenvalue weighted by molar-refractivity contribution is 8.26. The molecule has 2 aromatic carbocycles. The van der Waals surface area contributed by atoms with Gasteiger partial charge < -0.3 is 14.8 Å². The molecular formula is C25H27N3O4S2. The molecule has 4 rings (SSSR count). The van der Waals surface area contributed by atoms with E-state index in [2.05, 4.69) is 36.5 Å². The molecule has 2 aliphatic heterocycles. The highest BCUT2D eigenvalue weighted by Gasteiger charge is 2.31. The van der Waals surface area contributed by atoms with Gasteiger partial charge in [0.2, 0.25) is 12.7 Å². The maximum atomic E-state index is 12.8. The first-order valence-electron chi connectivity index (χ1n) is 11.1. The summed E-state index contributed by atoms with van der Waals surface area (Å²) in [6.45, 7) is 3.96. The zero-order chi connectivity index (χ0) is 24.1. The van der Waals surface area contributed by atoms with E-state index in [1.807, 2.05) is 30.1 Å². The fraction of sp³-hybridized carbons (Fsp3) is 0.320. The molecule has 0 bridgehead atoms. The Balaban J connectivity index is 1.24. The smallest absolute Gasteiger partial charge is 0.266 e. The molecule has 0 saturated carbocycles. The number of nitrogens with zero attached hydrogens (tertiary/aromatic N) is 2. The van der Waals surface area contributed by atoms with Crippen LogP contribution in [0.15, 0.2) is 47.4 Å². The number of ether oxygens (including phenoxy) is 2. The van der Waals surface area contributed by atoms with Crippen LogP contribution in [0.1, 0.15) is 23.6 Å². The number of nitrogens with one attached hydrogen (secondary N) is 1. The Morgan fingerprint density at radius 3 is 2.68 bits per heavy atom. The number of hydrogen-bond donors (Lipinski definition) is 1. The number of fused-ring (bicyclic) bond motifs is 1. The van der Waals surface area contributed by atoms with Crippen LogP contribution in [0.2, 0.25) is 0 Å². The van der Waals surface area contributed by atoms with Gasteiger partial charge in [0.25, 0.3) is 5.91 Å². The van der Waals surface area contributed by atoms with Crippen LogP contribution in [0.3, 0.4) is 0 Å². The summed E-state index contributed by atoms with van der Waals surface area (Å²) >= 11 is 6.65. The van der Waals surface area contributed by atoms with Gasteiger partial charge in [-0.1, -0.05) is 61.2 Å². The van der Waals surface area contributed by atoms with Gasteiger partial charge in [-0.2, -0.15) is 0 Å². The average molecular weight is 498 g/mol. The molecule has 0 radical (unpaired) electrons. The molecule has 2 heterocycles. The third kappa shape index (κ3) is 5.97. The minimum atomic E-state index is -0.158. The van der Waals surface area contributed by atoms with E-state index in [1.165, 1.54) is 27.8 Å². The van der Waals surface area contributed by atoms with Crippen LogP contribution < -0.4 is 14.8 Å². The summed E-state index contributed by atoms with van der Waals surface area (Å²) in [6.07, 6.45) is 2.80. The van der Waals surface area contributed by atoms with E-state index in [1.54, 1.807) is 6.08 Å². The number of hydrogen-bond acceptors (Lipinski definition) is 7. The van der Waals surface area contributed by atoms with Gasteiger partial charge in [0.15, 0.2) is 11.5 Å². The zero-order valence-corrected chi connectivity index (χ0v) is 20.8. The third-order valence-corrected chi connectivity index (χ3v) is 6.90. The molecule has 178 valence electrons. The molecule has 1 fully saturated rings. The van der Waals surface area contributed by atoms with E-state index in [0.717, 1.165) is 12.0 Å². The Hall–Kier alpha value is -2.88. The first kappa shape index (κ1) is 24.3. The van der Waals surface area contributed by atoms with Crippen molar-refractivity contribution in [3.05, 3.63) is 64.1 Å². The minimum absolute atomic E-state index is 0.0889. The first-order chi connectivity index (χ1) is 16.4. The molecule has 0 unspecified atom stereocenters. The molecule has 0 atom stereocenters. The second-order valence-electron chi connectivity index (χ2n) is 8.14. The van der Waals surface area contributed by atoms with Crippen molar-refractivity contribution in [3.8, 4) is 11.5 Å². The van der Waals surface area contributed by atoms with Gasteiger partial charge >= 0.3 is 0 Å². The quantitative estimate of drug-likeness (QED) is 0.420. The molecule has 2 aliphatic rings. The molecule has 2 amide bonds. The van der Waals surface area contributed by atoms with Crippen molar-refractivity contribution in [2.24, 2.45) is 0 Å². The van der Waals surface area contributed by atoms with Gasteiger partial charge in [-0.25, -0.2) is 0 Å². The highest BCUT2D eigenvalue weighted by Crippen LogP contribution is 2.36. The number of rotatable bonds is 9. The van der Waals surface area contributed by atoms with Crippen LogP contribution in [0.4, 0.5) is 0 Å². The summed E-state index contributed by atoms with van der Waals surface area (Å²) in [5, 5.41) is 2.89. The lowest BCUT2D eigenvalue weighted by Crippen LogP contribution is -2.40. The number of benzene rings is 2. The van der Waals surface area contributed by atoms with E-state index in [0.29, 0.717) is 40.4 Å². The SMILES string of the molecule is CCc1ccc(CN(C)CC(=O)NCCN2C(=O)/C(=C\c3ccc4c(c3)OCO4)SC2=S)cc1. The summed E-state index contributed by atoms with van der Waals surface area (Å²) in [5.74, 6) is 1.11. The molecule has 0 aliphatic carbocycles. The predicted octanol–water partition coefficient (Wildman–Crippen LogP) is 3.43. The zero-order valence-electron chi connectivity index (χ0n) is 19.2. The Bertz CT molecular complexity index is 1120. The standard InChI is InChI=1S/C25H27N3O4S2/c1-3-17-4-6-18(7-5-17)14-27(2)15-23(29)26-10-11-28-24(30)22(34-25(28)33)13-19-8-9-20-21(12-19)32-16-31-20/h4-9,12-13H,3,10-11,14-16H2,1-2H3,(H,26,29)/b22-13+. The van der Waals surface area contributed by atoms with E-state index >= 15 is 0 Å². The Morgan fingerprint density at radius 1 is 1.18 bits per heavy atom. The van der Waals surface area contributed by atoms with Crippen molar-refractivity contribution in [2.75, 3.05) is 33.5 Å². The summed E-state index contributed by atoms with van der Waals surface area (Å²) in [5.41, 5.74) is 3.30.